The quantitative estimate of drug-likeness (QED) is 0.666. The molecule has 1 unspecified atom stereocenters. The Morgan fingerprint density at radius 3 is 2.15 bits per heavy atom. The molecule has 0 fully saturated rings. The van der Waals surface area contributed by atoms with Gasteiger partial charge in [0.25, 0.3) is 0 Å². The van der Waals surface area contributed by atoms with Crippen LogP contribution in [0.25, 0.3) is 0 Å². The smallest absolute Gasteiger partial charge is 0.124 e. The normalized spacial score (nSPS) is 12.3. The molecule has 0 saturated carbocycles. The molecule has 0 aliphatic rings. The van der Waals surface area contributed by atoms with E-state index >= 15 is 0 Å². The summed E-state index contributed by atoms with van der Waals surface area (Å²) in [7, 11) is 1.66. The lowest BCUT2D eigenvalue weighted by Gasteiger charge is -2.18. The zero-order chi connectivity index (χ0) is 14.9. The molecule has 0 aromatic heterocycles. The molecule has 2 aromatic carbocycles. The van der Waals surface area contributed by atoms with Crippen molar-refractivity contribution in [3.05, 3.63) is 60.4 Å². The van der Waals surface area contributed by atoms with E-state index in [1.165, 1.54) is 0 Å². The van der Waals surface area contributed by atoms with Crippen LogP contribution in [0.1, 0.15) is 22.7 Å². The van der Waals surface area contributed by atoms with Gasteiger partial charge in [0, 0.05) is 19.0 Å². The maximum absolute atomic E-state index is 6.41. The first kappa shape index (κ1) is 16.0. The van der Waals surface area contributed by atoms with E-state index in [1.54, 1.807) is 7.11 Å². The Kier molecular flexibility index (Phi) is 5.29. The van der Waals surface area contributed by atoms with Gasteiger partial charge in [-0.25, -0.2) is 0 Å². The second-order valence-corrected chi connectivity index (χ2v) is 7.21. The topological polar surface area (TPSA) is 35.2 Å². The van der Waals surface area contributed by atoms with Crippen LogP contribution in [0.5, 0.6) is 5.75 Å². The summed E-state index contributed by atoms with van der Waals surface area (Å²) in [5, 5.41) is 0. The maximum atomic E-state index is 6.41. The van der Waals surface area contributed by atoms with Gasteiger partial charge in [-0.15, -0.1) is 0 Å². The van der Waals surface area contributed by atoms with Crippen molar-refractivity contribution < 1.29 is 4.74 Å². The molecule has 106 valence electrons. The van der Waals surface area contributed by atoms with Gasteiger partial charge in [-0.2, -0.15) is 0 Å². The Balaban J connectivity index is 2.52. The van der Waals surface area contributed by atoms with Crippen molar-refractivity contribution in [1.82, 2.24) is 0 Å². The minimum Gasteiger partial charge on any atom is -0.496 e. The Morgan fingerprint density at radius 1 is 1.00 bits per heavy atom. The second kappa shape index (κ2) is 6.60. The number of hydrogen-bond acceptors (Lipinski definition) is 2. The van der Waals surface area contributed by atoms with Crippen molar-refractivity contribution in [2.45, 2.75) is 13.0 Å². The minimum atomic E-state index is -0.254. The number of rotatable bonds is 3. The summed E-state index contributed by atoms with van der Waals surface area (Å²) < 4.78 is 8.46. The van der Waals surface area contributed by atoms with Crippen molar-refractivity contribution in [3.8, 4) is 5.75 Å². The monoisotopic (exact) mass is 461 g/mol. The fourth-order valence-corrected chi connectivity index (χ4v) is 3.71. The zero-order valence-electron chi connectivity index (χ0n) is 11.1. The summed E-state index contributed by atoms with van der Waals surface area (Å²) in [5.74, 6) is 0.800. The molecule has 2 nitrogen and oxygen atoms in total. The van der Waals surface area contributed by atoms with E-state index in [4.69, 9.17) is 10.5 Å². The van der Waals surface area contributed by atoms with Crippen LogP contribution in [0.3, 0.4) is 0 Å². The van der Waals surface area contributed by atoms with E-state index in [-0.39, 0.29) is 6.04 Å². The van der Waals surface area contributed by atoms with Crippen LogP contribution in [0.15, 0.2) is 43.7 Å². The lowest BCUT2D eigenvalue weighted by Crippen LogP contribution is -2.13. The predicted octanol–water partition coefficient (Wildman–Crippen LogP) is 5.34. The third kappa shape index (κ3) is 3.45. The summed E-state index contributed by atoms with van der Waals surface area (Å²) in [6.07, 6.45) is 0. The molecule has 0 bridgehead atoms. The average molecular weight is 464 g/mol. The molecule has 2 aromatic rings. The molecule has 0 amide bonds. The Bertz CT molecular complexity index is 623. The van der Waals surface area contributed by atoms with Crippen LogP contribution in [0.2, 0.25) is 0 Å². The largest absolute Gasteiger partial charge is 0.496 e. The second-order valence-electron chi connectivity index (χ2n) is 4.52. The highest BCUT2D eigenvalue weighted by atomic mass is 79.9. The van der Waals surface area contributed by atoms with Crippen molar-refractivity contribution in [2.24, 2.45) is 5.73 Å². The van der Waals surface area contributed by atoms with Crippen molar-refractivity contribution in [2.75, 3.05) is 7.11 Å². The van der Waals surface area contributed by atoms with Gasteiger partial charge in [0.15, 0.2) is 0 Å². The summed E-state index contributed by atoms with van der Waals surface area (Å²) in [6.45, 7) is 2.03. The number of hydrogen-bond donors (Lipinski definition) is 1. The van der Waals surface area contributed by atoms with Gasteiger partial charge in [-0.3, -0.25) is 0 Å². The summed E-state index contributed by atoms with van der Waals surface area (Å²) in [4.78, 5) is 0. The standard InChI is InChI=1S/C15H14Br3NO/c1-8-3-14(20-2)12(7-13(8)18)15(19)9-4-10(16)6-11(17)5-9/h3-7,15H,19H2,1-2H3. The summed E-state index contributed by atoms with van der Waals surface area (Å²) in [5.41, 5.74) is 9.49. The van der Waals surface area contributed by atoms with E-state index in [9.17, 15) is 0 Å². The first-order chi connectivity index (χ1) is 9.42. The molecular weight excluding hydrogens is 450 g/mol. The van der Waals surface area contributed by atoms with E-state index in [0.29, 0.717) is 0 Å². The zero-order valence-corrected chi connectivity index (χ0v) is 15.8. The van der Waals surface area contributed by atoms with Crippen LogP contribution >= 0.6 is 47.8 Å². The van der Waals surface area contributed by atoms with Crippen LogP contribution in [0.4, 0.5) is 0 Å². The molecule has 0 radical (unpaired) electrons. The van der Waals surface area contributed by atoms with Crippen LogP contribution in [-0.4, -0.2) is 7.11 Å². The molecule has 0 aliphatic heterocycles. The van der Waals surface area contributed by atoms with Crippen LogP contribution in [0, 0.1) is 6.92 Å². The van der Waals surface area contributed by atoms with Crippen LogP contribution < -0.4 is 10.5 Å². The highest BCUT2D eigenvalue weighted by molar-refractivity contribution is 9.11. The van der Waals surface area contributed by atoms with Gasteiger partial charge in [-0.05, 0) is 48.4 Å². The Hall–Kier alpha value is -0.360. The molecule has 2 N–H and O–H groups in total. The Labute approximate surface area is 144 Å². The van der Waals surface area contributed by atoms with Gasteiger partial charge in [0.05, 0.1) is 13.2 Å². The van der Waals surface area contributed by atoms with Gasteiger partial charge in [-0.1, -0.05) is 47.8 Å². The predicted molar refractivity (Wildman–Crippen MR) is 93.3 cm³/mol. The summed E-state index contributed by atoms with van der Waals surface area (Å²) in [6, 6.07) is 9.78. The van der Waals surface area contributed by atoms with E-state index in [2.05, 4.69) is 47.8 Å². The summed E-state index contributed by atoms with van der Waals surface area (Å²) >= 11 is 10.5. The fourth-order valence-electron chi connectivity index (χ4n) is 2.02. The van der Waals surface area contributed by atoms with E-state index < -0.39 is 0 Å². The van der Waals surface area contributed by atoms with E-state index in [1.807, 2.05) is 37.3 Å². The van der Waals surface area contributed by atoms with Gasteiger partial charge < -0.3 is 10.5 Å². The first-order valence-corrected chi connectivity index (χ1v) is 8.36. The maximum Gasteiger partial charge on any atom is 0.124 e. The molecular formula is C15H14Br3NO. The number of aryl methyl sites for hydroxylation is 1. The van der Waals surface area contributed by atoms with E-state index in [0.717, 1.165) is 35.9 Å². The molecule has 5 heteroatoms. The fraction of sp³-hybridized carbons (Fsp3) is 0.200. The van der Waals surface area contributed by atoms with Crippen molar-refractivity contribution in [1.29, 1.82) is 0 Å². The molecule has 20 heavy (non-hydrogen) atoms. The van der Waals surface area contributed by atoms with Crippen molar-refractivity contribution in [3.63, 3.8) is 0 Å². The molecule has 0 aliphatic carbocycles. The first-order valence-electron chi connectivity index (χ1n) is 5.98. The van der Waals surface area contributed by atoms with Gasteiger partial charge in [0.2, 0.25) is 0 Å². The van der Waals surface area contributed by atoms with Crippen LogP contribution in [-0.2, 0) is 0 Å². The van der Waals surface area contributed by atoms with Gasteiger partial charge in [0.1, 0.15) is 5.75 Å². The average Bonchev–Trinajstić information content (AvgIpc) is 2.39. The number of halogens is 3. The number of ether oxygens (including phenoxy) is 1. The van der Waals surface area contributed by atoms with Gasteiger partial charge >= 0.3 is 0 Å². The SMILES string of the molecule is COc1cc(C)c(Br)cc1C(N)c1cc(Br)cc(Br)c1. The highest BCUT2D eigenvalue weighted by Crippen LogP contribution is 2.34. The number of nitrogens with two attached hydrogens (primary N) is 1. The molecule has 2 rings (SSSR count). The number of benzene rings is 2. The molecule has 1 atom stereocenters. The minimum absolute atomic E-state index is 0.254. The molecule has 0 spiro atoms. The third-order valence-electron chi connectivity index (χ3n) is 3.09. The lowest BCUT2D eigenvalue weighted by atomic mass is 9.98. The molecule has 0 saturated heterocycles. The highest BCUT2D eigenvalue weighted by Gasteiger charge is 2.16. The Morgan fingerprint density at radius 2 is 1.60 bits per heavy atom. The number of methoxy groups -OCH3 is 1. The third-order valence-corrected chi connectivity index (χ3v) is 4.86. The van der Waals surface area contributed by atoms with Crippen molar-refractivity contribution >= 4 is 47.8 Å². The lowest BCUT2D eigenvalue weighted by molar-refractivity contribution is 0.407. The molecule has 0 heterocycles.